The first-order valence-corrected chi connectivity index (χ1v) is 20.3. The molecule has 59 heavy (non-hydrogen) atoms. The molecular weight excluding hydrogens is 717 g/mol. The molecule has 0 saturated heterocycles. The Hall–Kier alpha value is -7.62. The molecule has 1 heterocycles. The Balaban J connectivity index is 1.14. The van der Waals surface area contributed by atoms with Crippen LogP contribution >= 0.6 is 0 Å². The maximum absolute atomic E-state index is 7.19. The van der Waals surface area contributed by atoms with Crippen LogP contribution in [0, 0.1) is 0 Å². The van der Waals surface area contributed by atoms with Crippen molar-refractivity contribution in [1.29, 1.82) is 0 Å². The maximum atomic E-state index is 7.19. The van der Waals surface area contributed by atoms with Gasteiger partial charge in [-0.25, -0.2) is 0 Å². The van der Waals surface area contributed by atoms with Crippen molar-refractivity contribution in [2.45, 2.75) is 11.8 Å². The van der Waals surface area contributed by atoms with E-state index >= 15 is 0 Å². The third-order valence-electron chi connectivity index (χ3n) is 12.0. The van der Waals surface area contributed by atoms with Gasteiger partial charge in [0.05, 0.1) is 16.8 Å². The third kappa shape index (κ3) is 5.58. The molecule has 0 radical (unpaired) electrons. The van der Waals surface area contributed by atoms with Crippen molar-refractivity contribution in [3.8, 4) is 0 Å². The zero-order valence-electron chi connectivity index (χ0n) is 32.4. The number of fused-ring (bicyclic) bond motifs is 5. The SMILES string of the molecule is C1=CCC2=C(C=C1)c1cc(N(c3ccccc3)c3cccc4c3oc3c(N(c5ccccc5)c5ccccc5)cccc34)ccc1C2(c1ccccc1)c1ccccc1. The van der Waals surface area contributed by atoms with Crippen LogP contribution in [-0.4, -0.2) is 0 Å². The minimum atomic E-state index is -0.444. The molecule has 9 aromatic rings. The standard InChI is InChI=1S/C56H40N2O/c1-7-21-40(22-8-1)56(41-23-9-2-10-24-41)50-34-18-6-17-31-46(50)49-39-45(37-38-51(49)56)58(44-29-15-5-16-30-44)53-36-20-33-48-47-32-19-35-52(54(47)59-55(48)53)57(42-25-11-3-12-26-42)43-27-13-4-14-28-43/h1-33,35-39H,34H2. The van der Waals surface area contributed by atoms with Crippen LogP contribution in [-0.2, 0) is 5.41 Å². The fraction of sp³-hybridized carbons (Fsp3) is 0.0357. The lowest BCUT2D eigenvalue weighted by atomic mass is 9.66. The summed E-state index contributed by atoms with van der Waals surface area (Å²) in [5, 5.41) is 2.14. The summed E-state index contributed by atoms with van der Waals surface area (Å²) >= 11 is 0. The number of hydrogen-bond acceptors (Lipinski definition) is 3. The largest absolute Gasteiger partial charge is 0.452 e. The summed E-state index contributed by atoms with van der Waals surface area (Å²) in [5.41, 5.74) is 15.2. The highest BCUT2D eigenvalue weighted by Gasteiger charge is 2.47. The fourth-order valence-electron chi connectivity index (χ4n) is 9.55. The highest BCUT2D eigenvalue weighted by molar-refractivity contribution is 6.14. The minimum absolute atomic E-state index is 0.444. The van der Waals surface area contributed by atoms with Crippen LogP contribution in [0.4, 0.5) is 34.1 Å². The molecule has 3 nitrogen and oxygen atoms in total. The van der Waals surface area contributed by atoms with Gasteiger partial charge in [-0.3, -0.25) is 0 Å². The number of hydrogen-bond donors (Lipinski definition) is 0. The second-order valence-corrected chi connectivity index (χ2v) is 15.2. The maximum Gasteiger partial charge on any atom is 0.159 e. The lowest BCUT2D eigenvalue weighted by Crippen LogP contribution is -2.30. The second kappa shape index (κ2) is 14.4. The van der Waals surface area contributed by atoms with Crippen molar-refractivity contribution in [2.75, 3.05) is 9.80 Å². The number of para-hydroxylation sites is 5. The van der Waals surface area contributed by atoms with E-state index in [9.17, 15) is 0 Å². The Morgan fingerprint density at radius 2 is 0.898 bits per heavy atom. The van der Waals surface area contributed by atoms with Crippen LogP contribution in [0.2, 0.25) is 0 Å². The predicted molar refractivity (Wildman–Crippen MR) is 246 cm³/mol. The van der Waals surface area contributed by atoms with E-state index in [2.05, 4.69) is 240 Å². The summed E-state index contributed by atoms with van der Waals surface area (Å²) in [6, 6.07) is 73.9. The predicted octanol–water partition coefficient (Wildman–Crippen LogP) is 15.1. The molecule has 0 aliphatic heterocycles. The first kappa shape index (κ1) is 34.6. The summed E-state index contributed by atoms with van der Waals surface area (Å²) in [6.07, 6.45) is 9.85. The molecule has 11 rings (SSSR count). The average Bonchev–Trinajstić information content (AvgIpc) is 3.70. The van der Waals surface area contributed by atoms with Crippen LogP contribution in [0.3, 0.4) is 0 Å². The first-order chi connectivity index (χ1) is 29.3. The molecule has 280 valence electrons. The van der Waals surface area contributed by atoms with E-state index in [0.29, 0.717) is 0 Å². The molecule has 8 aromatic carbocycles. The van der Waals surface area contributed by atoms with Gasteiger partial charge in [0.1, 0.15) is 0 Å². The quantitative estimate of drug-likeness (QED) is 0.154. The van der Waals surface area contributed by atoms with Crippen LogP contribution in [0.25, 0.3) is 27.5 Å². The molecule has 0 atom stereocenters. The minimum Gasteiger partial charge on any atom is -0.452 e. The van der Waals surface area contributed by atoms with Crippen molar-refractivity contribution in [3.05, 3.63) is 258 Å². The molecule has 0 N–H and O–H groups in total. The van der Waals surface area contributed by atoms with Crippen LogP contribution in [0.1, 0.15) is 28.7 Å². The van der Waals surface area contributed by atoms with Crippen LogP contribution < -0.4 is 9.80 Å². The molecule has 0 unspecified atom stereocenters. The monoisotopic (exact) mass is 756 g/mol. The number of anilines is 6. The van der Waals surface area contributed by atoms with Crippen LogP contribution in [0.15, 0.2) is 241 Å². The van der Waals surface area contributed by atoms with Gasteiger partial charge in [-0.05, 0) is 100 Å². The van der Waals surface area contributed by atoms with E-state index < -0.39 is 5.41 Å². The van der Waals surface area contributed by atoms with Crippen molar-refractivity contribution in [2.24, 2.45) is 0 Å². The lowest BCUT2D eigenvalue weighted by Gasteiger charge is -2.36. The number of nitrogens with zero attached hydrogens (tertiary/aromatic N) is 2. The molecule has 3 heteroatoms. The smallest absolute Gasteiger partial charge is 0.159 e. The Morgan fingerprint density at radius 3 is 1.41 bits per heavy atom. The molecular formula is C56H40N2O. The summed E-state index contributed by atoms with van der Waals surface area (Å²) in [4.78, 5) is 4.65. The number of benzene rings is 8. The molecule has 0 bridgehead atoms. The Bertz CT molecular complexity index is 2980. The molecule has 0 spiro atoms. The highest BCUT2D eigenvalue weighted by Crippen LogP contribution is 2.57. The summed E-state index contributed by atoms with van der Waals surface area (Å²) in [6.45, 7) is 0. The number of rotatable bonds is 8. The van der Waals surface area contributed by atoms with Crippen molar-refractivity contribution >= 4 is 61.6 Å². The van der Waals surface area contributed by atoms with Gasteiger partial charge in [0, 0.05) is 33.5 Å². The Morgan fingerprint density at radius 1 is 0.424 bits per heavy atom. The zero-order valence-corrected chi connectivity index (χ0v) is 32.4. The highest BCUT2D eigenvalue weighted by atomic mass is 16.3. The molecule has 2 aliphatic carbocycles. The van der Waals surface area contributed by atoms with Crippen LogP contribution in [0.5, 0.6) is 0 Å². The van der Waals surface area contributed by atoms with E-state index in [4.69, 9.17) is 4.42 Å². The van der Waals surface area contributed by atoms with Crippen molar-refractivity contribution in [3.63, 3.8) is 0 Å². The number of allylic oxidation sites excluding steroid dienone is 6. The van der Waals surface area contributed by atoms with E-state index in [1.165, 1.54) is 33.4 Å². The average molecular weight is 757 g/mol. The third-order valence-corrected chi connectivity index (χ3v) is 12.0. The number of furan rings is 1. The normalized spacial score (nSPS) is 14.0. The molecule has 0 amide bonds. The van der Waals surface area contributed by atoms with Crippen molar-refractivity contribution in [1.82, 2.24) is 0 Å². The Kier molecular flexibility index (Phi) is 8.45. The summed E-state index contributed by atoms with van der Waals surface area (Å²) in [7, 11) is 0. The summed E-state index contributed by atoms with van der Waals surface area (Å²) < 4.78 is 7.19. The first-order valence-electron chi connectivity index (χ1n) is 20.3. The second-order valence-electron chi connectivity index (χ2n) is 15.2. The van der Waals surface area contributed by atoms with Gasteiger partial charge in [0.25, 0.3) is 0 Å². The molecule has 2 aliphatic rings. The van der Waals surface area contributed by atoms with Gasteiger partial charge in [0.2, 0.25) is 0 Å². The van der Waals surface area contributed by atoms with Gasteiger partial charge in [0.15, 0.2) is 11.2 Å². The fourth-order valence-corrected chi connectivity index (χ4v) is 9.55. The van der Waals surface area contributed by atoms with E-state index in [-0.39, 0.29) is 0 Å². The Labute approximate surface area is 344 Å². The van der Waals surface area contributed by atoms with E-state index in [0.717, 1.165) is 62.5 Å². The molecule has 0 saturated carbocycles. The van der Waals surface area contributed by atoms with E-state index in [1.54, 1.807) is 0 Å². The summed E-state index contributed by atoms with van der Waals surface area (Å²) in [5.74, 6) is 0. The lowest BCUT2D eigenvalue weighted by molar-refractivity contribution is 0.669. The molecule has 1 aromatic heterocycles. The van der Waals surface area contributed by atoms with Gasteiger partial charge >= 0.3 is 0 Å². The molecule has 0 fully saturated rings. The van der Waals surface area contributed by atoms with E-state index in [1.807, 2.05) is 0 Å². The zero-order chi connectivity index (χ0) is 39.2. The topological polar surface area (TPSA) is 19.6 Å². The van der Waals surface area contributed by atoms with Gasteiger partial charge in [-0.2, -0.15) is 0 Å². The van der Waals surface area contributed by atoms with Gasteiger partial charge in [-0.15, -0.1) is 0 Å². The van der Waals surface area contributed by atoms with Gasteiger partial charge < -0.3 is 14.2 Å². The van der Waals surface area contributed by atoms with Gasteiger partial charge in [-0.1, -0.05) is 170 Å². The van der Waals surface area contributed by atoms with Crippen molar-refractivity contribution < 1.29 is 4.42 Å².